The summed E-state index contributed by atoms with van der Waals surface area (Å²) in [7, 11) is 0. The average Bonchev–Trinajstić information content (AvgIpc) is 2.75. The summed E-state index contributed by atoms with van der Waals surface area (Å²) in [5, 5.41) is 13.7. The van der Waals surface area contributed by atoms with Crippen molar-refractivity contribution in [3.8, 4) is 0 Å². The van der Waals surface area contributed by atoms with Crippen LogP contribution in [-0.4, -0.2) is 10.8 Å². The molecule has 2 aromatic rings. The molecule has 7 heteroatoms. The first-order valence-corrected chi connectivity index (χ1v) is 7.40. The zero-order chi connectivity index (χ0) is 15.9. The molecular weight excluding hydrogens is 372 g/mol. The van der Waals surface area contributed by atoms with Gasteiger partial charge in [-0.25, -0.2) is 0 Å². The van der Waals surface area contributed by atoms with Crippen LogP contribution in [-0.2, 0) is 4.79 Å². The minimum absolute atomic E-state index is 0.00816. The van der Waals surface area contributed by atoms with Crippen LogP contribution in [0.25, 0.3) is 11.6 Å². The average molecular weight is 380 g/mol. The molecule has 0 unspecified atom stereocenters. The molecule has 0 aliphatic carbocycles. The van der Waals surface area contributed by atoms with Gasteiger partial charge in [-0.2, -0.15) is 0 Å². The second-order valence-corrected chi connectivity index (χ2v) is 5.90. The lowest BCUT2D eigenvalue weighted by Gasteiger charge is -2.02. The van der Waals surface area contributed by atoms with Crippen molar-refractivity contribution in [1.82, 2.24) is 0 Å². The van der Waals surface area contributed by atoms with Gasteiger partial charge in [-0.3, -0.25) is 14.9 Å². The van der Waals surface area contributed by atoms with Crippen LogP contribution in [0, 0.1) is 10.1 Å². The molecule has 1 aliphatic rings. The van der Waals surface area contributed by atoms with Crippen LogP contribution in [0.2, 0.25) is 5.02 Å². The van der Waals surface area contributed by atoms with Crippen molar-refractivity contribution in [3.63, 3.8) is 0 Å². The van der Waals surface area contributed by atoms with E-state index in [-0.39, 0.29) is 16.6 Å². The van der Waals surface area contributed by atoms with E-state index in [0.717, 1.165) is 10.0 Å². The number of nitro benzene ring substituents is 1. The normalized spacial score (nSPS) is 14.8. The summed E-state index contributed by atoms with van der Waals surface area (Å²) in [5.41, 5.74) is 1.88. The number of halogens is 2. The third-order valence-corrected chi connectivity index (χ3v) is 4.30. The highest BCUT2D eigenvalue weighted by Crippen LogP contribution is 2.40. The fourth-order valence-corrected chi connectivity index (χ4v) is 2.86. The van der Waals surface area contributed by atoms with E-state index in [0.29, 0.717) is 16.8 Å². The monoisotopic (exact) mass is 378 g/mol. The maximum Gasteiger partial charge on any atom is 0.288 e. The molecular formula is C15H8BrClN2O3. The number of carbonyl (C=O) groups is 1. The van der Waals surface area contributed by atoms with Gasteiger partial charge in [0.2, 0.25) is 0 Å². The zero-order valence-corrected chi connectivity index (χ0v) is 13.3. The van der Waals surface area contributed by atoms with Crippen LogP contribution in [0.4, 0.5) is 11.4 Å². The van der Waals surface area contributed by atoms with E-state index in [9.17, 15) is 14.9 Å². The van der Waals surface area contributed by atoms with Crippen LogP contribution in [0.3, 0.4) is 0 Å². The molecule has 0 aromatic heterocycles. The van der Waals surface area contributed by atoms with Gasteiger partial charge in [0.25, 0.3) is 11.6 Å². The minimum atomic E-state index is -0.568. The standard InChI is InChI=1S/C15H8BrClN2O3/c16-11-4-2-1-3-8(11)5-10-9-6-14(19(21)22)12(17)7-13(9)18-15(10)20/h1-7H,(H,18,20)/b10-5+. The lowest BCUT2D eigenvalue weighted by molar-refractivity contribution is -0.384. The fraction of sp³-hybridized carbons (Fsp3) is 0. The van der Waals surface area contributed by atoms with Crippen LogP contribution >= 0.6 is 27.5 Å². The Balaban J connectivity index is 2.17. The molecule has 0 fully saturated rings. The van der Waals surface area contributed by atoms with E-state index in [2.05, 4.69) is 21.2 Å². The molecule has 0 spiro atoms. The van der Waals surface area contributed by atoms with E-state index >= 15 is 0 Å². The highest BCUT2D eigenvalue weighted by molar-refractivity contribution is 9.10. The molecule has 3 rings (SSSR count). The molecule has 0 atom stereocenters. The van der Waals surface area contributed by atoms with E-state index in [1.54, 1.807) is 6.08 Å². The first kappa shape index (κ1) is 14.7. The molecule has 1 N–H and O–H groups in total. The van der Waals surface area contributed by atoms with Gasteiger partial charge in [-0.05, 0) is 23.8 Å². The van der Waals surface area contributed by atoms with Gasteiger partial charge in [-0.15, -0.1) is 0 Å². The Labute approximate surface area is 138 Å². The molecule has 1 aliphatic heterocycles. The Morgan fingerprint density at radius 1 is 1.27 bits per heavy atom. The highest BCUT2D eigenvalue weighted by atomic mass is 79.9. The minimum Gasteiger partial charge on any atom is -0.321 e. The third-order valence-electron chi connectivity index (χ3n) is 3.27. The van der Waals surface area contributed by atoms with Gasteiger partial charge >= 0.3 is 0 Å². The molecule has 1 amide bonds. The Morgan fingerprint density at radius 3 is 2.68 bits per heavy atom. The first-order chi connectivity index (χ1) is 10.5. The maximum atomic E-state index is 12.1. The summed E-state index contributed by atoms with van der Waals surface area (Å²) in [6, 6.07) is 10.1. The number of hydrogen-bond donors (Lipinski definition) is 1. The summed E-state index contributed by atoms with van der Waals surface area (Å²) in [6.07, 6.45) is 1.68. The van der Waals surface area contributed by atoms with Crippen LogP contribution in [0.1, 0.15) is 11.1 Å². The molecule has 22 heavy (non-hydrogen) atoms. The smallest absolute Gasteiger partial charge is 0.288 e. The van der Waals surface area contributed by atoms with Crippen molar-refractivity contribution in [2.24, 2.45) is 0 Å². The summed E-state index contributed by atoms with van der Waals surface area (Å²) in [6.45, 7) is 0. The van der Waals surface area contributed by atoms with E-state index in [1.165, 1.54) is 12.1 Å². The SMILES string of the molecule is O=C1Nc2cc(Cl)c([N+](=O)[O-])cc2/C1=C\c1ccccc1Br. The van der Waals surface area contributed by atoms with Gasteiger partial charge < -0.3 is 5.32 Å². The second-order valence-electron chi connectivity index (χ2n) is 4.64. The van der Waals surface area contributed by atoms with Crippen LogP contribution in [0.5, 0.6) is 0 Å². The topological polar surface area (TPSA) is 72.2 Å². The Bertz CT molecular complexity index is 849. The van der Waals surface area contributed by atoms with Crippen molar-refractivity contribution in [3.05, 3.63) is 67.1 Å². The number of fused-ring (bicyclic) bond motifs is 1. The lowest BCUT2D eigenvalue weighted by atomic mass is 10.0. The quantitative estimate of drug-likeness (QED) is 0.474. The zero-order valence-electron chi connectivity index (χ0n) is 11.0. The molecule has 0 saturated carbocycles. The Morgan fingerprint density at radius 2 is 2.00 bits per heavy atom. The van der Waals surface area contributed by atoms with Gasteiger partial charge in [0, 0.05) is 21.7 Å². The molecule has 5 nitrogen and oxygen atoms in total. The fourth-order valence-electron chi connectivity index (χ4n) is 2.23. The van der Waals surface area contributed by atoms with Crippen molar-refractivity contribution in [2.75, 3.05) is 5.32 Å². The molecule has 0 radical (unpaired) electrons. The van der Waals surface area contributed by atoms with Crippen molar-refractivity contribution >= 4 is 56.5 Å². The summed E-state index contributed by atoms with van der Waals surface area (Å²) >= 11 is 9.27. The van der Waals surface area contributed by atoms with E-state index in [4.69, 9.17) is 11.6 Å². The number of benzene rings is 2. The summed E-state index contributed by atoms with van der Waals surface area (Å²) < 4.78 is 0.826. The largest absolute Gasteiger partial charge is 0.321 e. The maximum absolute atomic E-state index is 12.1. The van der Waals surface area contributed by atoms with Crippen LogP contribution in [0.15, 0.2) is 40.9 Å². The lowest BCUT2D eigenvalue weighted by Crippen LogP contribution is -2.03. The third kappa shape index (κ3) is 2.51. The molecule has 2 aromatic carbocycles. The predicted octanol–water partition coefficient (Wildman–Crippen LogP) is 4.50. The van der Waals surface area contributed by atoms with Crippen molar-refractivity contribution < 1.29 is 9.72 Å². The highest BCUT2D eigenvalue weighted by Gasteiger charge is 2.28. The number of nitrogens with one attached hydrogen (secondary N) is 1. The number of nitrogens with zero attached hydrogens (tertiary/aromatic N) is 1. The van der Waals surface area contributed by atoms with E-state index < -0.39 is 4.92 Å². The number of carbonyl (C=O) groups excluding carboxylic acids is 1. The summed E-state index contributed by atoms with van der Waals surface area (Å²) in [5.74, 6) is -0.317. The number of anilines is 1. The Kier molecular flexibility index (Phi) is 3.72. The van der Waals surface area contributed by atoms with Gasteiger partial charge in [0.1, 0.15) is 5.02 Å². The molecule has 0 bridgehead atoms. The van der Waals surface area contributed by atoms with E-state index in [1.807, 2.05) is 24.3 Å². The van der Waals surface area contributed by atoms with Gasteiger partial charge in [0.15, 0.2) is 0 Å². The number of nitro groups is 1. The predicted molar refractivity (Wildman–Crippen MR) is 88.7 cm³/mol. The van der Waals surface area contributed by atoms with Crippen molar-refractivity contribution in [1.29, 1.82) is 0 Å². The first-order valence-electron chi connectivity index (χ1n) is 6.23. The van der Waals surface area contributed by atoms with Crippen LogP contribution < -0.4 is 5.32 Å². The second kappa shape index (κ2) is 5.55. The molecule has 0 saturated heterocycles. The Hall–Kier alpha value is -2.18. The van der Waals surface area contributed by atoms with Crippen molar-refractivity contribution in [2.45, 2.75) is 0 Å². The number of rotatable bonds is 2. The number of hydrogen-bond acceptors (Lipinski definition) is 3. The number of amides is 1. The summed E-state index contributed by atoms with van der Waals surface area (Å²) in [4.78, 5) is 22.6. The van der Waals surface area contributed by atoms with Gasteiger partial charge in [-0.1, -0.05) is 45.7 Å². The van der Waals surface area contributed by atoms with Gasteiger partial charge in [0.05, 0.1) is 10.6 Å². The molecule has 110 valence electrons. The molecule has 1 heterocycles.